The van der Waals surface area contributed by atoms with Gasteiger partial charge >= 0.3 is 11.8 Å². The van der Waals surface area contributed by atoms with Crippen molar-refractivity contribution in [3.05, 3.63) is 54.1 Å². The molecular weight excluding hydrogens is 322 g/mol. The van der Waals surface area contributed by atoms with E-state index in [1.165, 1.54) is 7.11 Å². The van der Waals surface area contributed by atoms with Gasteiger partial charge < -0.3 is 14.8 Å². The second-order valence-electron chi connectivity index (χ2n) is 5.02. The summed E-state index contributed by atoms with van der Waals surface area (Å²) < 4.78 is 10.4. The fourth-order valence-corrected chi connectivity index (χ4v) is 2.05. The molecule has 2 amide bonds. The minimum Gasteiger partial charge on any atom is -0.497 e. The monoisotopic (exact) mass is 341 g/mol. The van der Waals surface area contributed by atoms with Crippen molar-refractivity contribution in [2.45, 2.75) is 6.92 Å². The maximum atomic E-state index is 11.9. The summed E-state index contributed by atoms with van der Waals surface area (Å²) in [7, 11) is 3.08. The van der Waals surface area contributed by atoms with Gasteiger partial charge in [0.15, 0.2) is 0 Å². The third kappa shape index (κ3) is 4.81. The summed E-state index contributed by atoms with van der Waals surface area (Å²) in [5, 5.41) is 6.44. The molecule has 7 heteroatoms. The minimum absolute atomic E-state index is 0.486. The molecule has 0 spiro atoms. The summed E-state index contributed by atoms with van der Waals surface area (Å²) in [6.07, 6.45) is 0. The fraction of sp³-hybridized carbons (Fsp3) is 0.167. The van der Waals surface area contributed by atoms with Gasteiger partial charge in [0.1, 0.15) is 11.5 Å². The molecule has 2 N–H and O–H groups in total. The lowest BCUT2D eigenvalue weighted by molar-refractivity contribution is -0.136. The molecule has 7 nitrogen and oxygen atoms in total. The van der Waals surface area contributed by atoms with Crippen LogP contribution < -0.4 is 20.2 Å². The summed E-state index contributed by atoms with van der Waals surface area (Å²) in [6, 6.07) is 13.9. The van der Waals surface area contributed by atoms with Crippen molar-refractivity contribution in [1.82, 2.24) is 5.43 Å². The molecule has 0 unspecified atom stereocenters. The molecule has 25 heavy (non-hydrogen) atoms. The average Bonchev–Trinajstić information content (AvgIpc) is 2.65. The Morgan fingerprint density at radius 2 is 1.68 bits per heavy atom. The van der Waals surface area contributed by atoms with Crippen LogP contribution in [0.25, 0.3) is 0 Å². The third-order valence-corrected chi connectivity index (χ3v) is 3.36. The Morgan fingerprint density at radius 3 is 2.32 bits per heavy atom. The number of hydrogen-bond acceptors (Lipinski definition) is 5. The first-order chi connectivity index (χ1) is 12.0. The van der Waals surface area contributed by atoms with Gasteiger partial charge in [-0.1, -0.05) is 18.2 Å². The molecule has 0 heterocycles. The zero-order valence-corrected chi connectivity index (χ0v) is 14.2. The van der Waals surface area contributed by atoms with Gasteiger partial charge in [-0.2, -0.15) is 5.10 Å². The van der Waals surface area contributed by atoms with Gasteiger partial charge in [0, 0.05) is 17.3 Å². The Kier molecular flexibility index (Phi) is 6.11. The summed E-state index contributed by atoms with van der Waals surface area (Å²) in [6.45, 7) is 1.69. The van der Waals surface area contributed by atoms with Crippen molar-refractivity contribution in [2.75, 3.05) is 19.5 Å². The predicted molar refractivity (Wildman–Crippen MR) is 95.0 cm³/mol. The number of methoxy groups -OCH3 is 2. The molecule has 0 aliphatic heterocycles. The molecule has 0 aromatic heterocycles. The smallest absolute Gasteiger partial charge is 0.329 e. The summed E-state index contributed by atoms with van der Waals surface area (Å²) in [4.78, 5) is 23.7. The van der Waals surface area contributed by atoms with Crippen LogP contribution in [-0.2, 0) is 9.59 Å². The summed E-state index contributed by atoms with van der Waals surface area (Å²) in [5.41, 5.74) is 3.92. The van der Waals surface area contributed by atoms with E-state index in [0.29, 0.717) is 28.5 Å². The standard InChI is InChI=1S/C18H19N3O4/c1-12(15-10-9-14(24-2)11-16(15)25-3)20-21-18(23)17(22)19-13-7-5-4-6-8-13/h4-11H,1-3H3,(H,19,22)(H,21,23). The normalized spacial score (nSPS) is 10.8. The zero-order chi connectivity index (χ0) is 18.2. The van der Waals surface area contributed by atoms with E-state index in [9.17, 15) is 9.59 Å². The number of anilines is 1. The van der Waals surface area contributed by atoms with Gasteiger partial charge in [-0.05, 0) is 31.2 Å². The van der Waals surface area contributed by atoms with Crippen LogP contribution >= 0.6 is 0 Å². The molecule has 0 aliphatic rings. The first-order valence-electron chi connectivity index (χ1n) is 7.48. The molecule has 0 bridgehead atoms. The Balaban J connectivity index is 2.05. The second kappa shape index (κ2) is 8.49. The van der Waals surface area contributed by atoms with Gasteiger partial charge in [0.25, 0.3) is 0 Å². The van der Waals surface area contributed by atoms with Gasteiger partial charge in [0.05, 0.1) is 19.9 Å². The van der Waals surface area contributed by atoms with Crippen LogP contribution in [0.3, 0.4) is 0 Å². The van der Waals surface area contributed by atoms with Crippen molar-refractivity contribution >= 4 is 23.2 Å². The van der Waals surface area contributed by atoms with E-state index in [1.54, 1.807) is 56.5 Å². The van der Waals surface area contributed by atoms with Crippen LogP contribution in [0.2, 0.25) is 0 Å². The number of hydrogen-bond donors (Lipinski definition) is 2. The van der Waals surface area contributed by atoms with Gasteiger partial charge in [-0.3, -0.25) is 9.59 Å². The van der Waals surface area contributed by atoms with Gasteiger partial charge in [0.2, 0.25) is 0 Å². The summed E-state index contributed by atoms with van der Waals surface area (Å²) in [5.74, 6) is -0.483. The quantitative estimate of drug-likeness (QED) is 0.496. The Morgan fingerprint density at radius 1 is 0.960 bits per heavy atom. The second-order valence-corrected chi connectivity index (χ2v) is 5.02. The maximum absolute atomic E-state index is 11.9. The molecule has 130 valence electrons. The lowest BCUT2D eigenvalue weighted by Gasteiger charge is -2.10. The van der Waals surface area contributed by atoms with Crippen LogP contribution in [0.5, 0.6) is 11.5 Å². The summed E-state index contributed by atoms with van der Waals surface area (Å²) >= 11 is 0. The highest BCUT2D eigenvalue weighted by Gasteiger charge is 2.14. The average molecular weight is 341 g/mol. The van der Waals surface area contributed by atoms with Crippen LogP contribution in [0.15, 0.2) is 53.6 Å². The van der Waals surface area contributed by atoms with Crippen LogP contribution in [0, 0.1) is 0 Å². The third-order valence-electron chi connectivity index (χ3n) is 3.36. The van der Waals surface area contributed by atoms with Gasteiger partial charge in [-0.25, -0.2) is 5.43 Å². The lowest BCUT2D eigenvalue weighted by Crippen LogP contribution is -2.32. The molecule has 0 saturated heterocycles. The van der Waals surface area contributed by atoms with Crippen molar-refractivity contribution in [3.63, 3.8) is 0 Å². The number of nitrogens with zero attached hydrogens (tertiary/aromatic N) is 1. The zero-order valence-electron chi connectivity index (χ0n) is 14.2. The number of carbonyl (C=O) groups excluding carboxylic acids is 2. The largest absolute Gasteiger partial charge is 0.497 e. The number of hydrazone groups is 1. The molecule has 0 fully saturated rings. The maximum Gasteiger partial charge on any atom is 0.329 e. The van der Waals surface area contributed by atoms with Crippen LogP contribution in [0.1, 0.15) is 12.5 Å². The molecule has 0 radical (unpaired) electrons. The van der Waals surface area contributed by atoms with Crippen molar-refractivity contribution in [1.29, 1.82) is 0 Å². The Labute approximate surface area is 145 Å². The van der Waals surface area contributed by atoms with E-state index in [4.69, 9.17) is 9.47 Å². The van der Waals surface area contributed by atoms with E-state index in [0.717, 1.165) is 0 Å². The predicted octanol–water partition coefficient (Wildman–Crippen LogP) is 2.18. The molecule has 0 aliphatic carbocycles. The number of benzene rings is 2. The molecular formula is C18H19N3O4. The fourth-order valence-electron chi connectivity index (χ4n) is 2.05. The number of ether oxygens (including phenoxy) is 2. The highest BCUT2D eigenvalue weighted by molar-refractivity contribution is 6.39. The van der Waals surface area contributed by atoms with E-state index in [-0.39, 0.29) is 0 Å². The lowest BCUT2D eigenvalue weighted by atomic mass is 10.1. The van der Waals surface area contributed by atoms with E-state index >= 15 is 0 Å². The molecule has 0 atom stereocenters. The molecule has 2 aromatic carbocycles. The first-order valence-corrected chi connectivity index (χ1v) is 7.48. The molecule has 2 aromatic rings. The number of nitrogens with one attached hydrogen (secondary N) is 2. The van der Waals surface area contributed by atoms with E-state index < -0.39 is 11.8 Å². The highest BCUT2D eigenvalue weighted by atomic mass is 16.5. The van der Waals surface area contributed by atoms with Gasteiger partial charge in [-0.15, -0.1) is 0 Å². The van der Waals surface area contributed by atoms with Crippen LogP contribution in [-0.4, -0.2) is 31.7 Å². The van der Waals surface area contributed by atoms with Crippen molar-refractivity contribution < 1.29 is 19.1 Å². The Bertz CT molecular complexity index is 788. The minimum atomic E-state index is -0.865. The Hall–Kier alpha value is -3.35. The van der Waals surface area contributed by atoms with E-state index in [2.05, 4.69) is 15.8 Å². The van der Waals surface area contributed by atoms with Crippen molar-refractivity contribution in [2.24, 2.45) is 5.10 Å². The number of carbonyl (C=O) groups is 2. The van der Waals surface area contributed by atoms with Crippen molar-refractivity contribution in [3.8, 4) is 11.5 Å². The number of amides is 2. The first kappa shape index (κ1) is 18.0. The van der Waals surface area contributed by atoms with Crippen LogP contribution in [0.4, 0.5) is 5.69 Å². The molecule has 2 rings (SSSR count). The topological polar surface area (TPSA) is 89.0 Å². The number of rotatable bonds is 5. The number of para-hydroxylation sites is 1. The SMILES string of the molecule is COc1ccc(C(C)=NNC(=O)C(=O)Nc2ccccc2)c(OC)c1. The molecule has 0 saturated carbocycles. The van der Waals surface area contributed by atoms with E-state index in [1.807, 2.05) is 6.07 Å². The highest BCUT2D eigenvalue weighted by Crippen LogP contribution is 2.25.